The zero-order valence-corrected chi connectivity index (χ0v) is 14.2. The zero-order chi connectivity index (χ0) is 16.7. The van der Waals surface area contributed by atoms with E-state index in [2.05, 4.69) is 0 Å². The highest BCUT2D eigenvalue weighted by molar-refractivity contribution is 7.25. The molecule has 1 fully saturated rings. The van der Waals surface area contributed by atoms with E-state index in [4.69, 9.17) is 9.47 Å². The lowest BCUT2D eigenvalue weighted by atomic mass is 10.1. The van der Waals surface area contributed by atoms with Gasteiger partial charge in [-0.25, -0.2) is 8.78 Å². The highest BCUT2D eigenvalue weighted by Gasteiger charge is 2.23. The van der Waals surface area contributed by atoms with Gasteiger partial charge in [-0.3, -0.25) is 0 Å². The van der Waals surface area contributed by atoms with Gasteiger partial charge < -0.3 is 9.47 Å². The molecule has 0 aliphatic heterocycles. The lowest BCUT2D eigenvalue weighted by Crippen LogP contribution is -2.00. The minimum atomic E-state index is -0.415. The predicted molar refractivity (Wildman–Crippen MR) is 93.3 cm³/mol. The molecule has 126 valence electrons. The third-order valence-corrected chi connectivity index (χ3v) is 5.46. The van der Waals surface area contributed by atoms with E-state index in [1.807, 2.05) is 13.0 Å². The third-order valence-electron chi connectivity index (χ3n) is 4.25. The molecule has 1 aliphatic carbocycles. The van der Waals surface area contributed by atoms with Crippen molar-refractivity contribution in [3.8, 4) is 11.5 Å². The smallest absolute Gasteiger partial charge is 0.182 e. The van der Waals surface area contributed by atoms with Crippen molar-refractivity contribution in [1.29, 1.82) is 0 Å². The highest BCUT2D eigenvalue weighted by atomic mass is 32.1. The zero-order valence-electron chi connectivity index (χ0n) is 13.4. The first-order valence-electron chi connectivity index (χ1n) is 8.28. The number of hydrogen-bond acceptors (Lipinski definition) is 3. The maximum Gasteiger partial charge on any atom is 0.182 e. The Morgan fingerprint density at radius 3 is 2.08 bits per heavy atom. The van der Waals surface area contributed by atoms with Crippen molar-refractivity contribution >= 4 is 31.5 Å². The summed E-state index contributed by atoms with van der Waals surface area (Å²) in [5.74, 6) is 0.218. The van der Waals surface area contributed by atoms with Gasteiger partial charge in [0.2, 0.25) is 0 Å². The topological polar surface area (TPSA) is 18.5 Å². The first-order chi connectivity index (χ1) is 11.7. The van der Waals surface area contributed by atoms with E-state index in [0.29, 0.717) is 39.3 Å². The summed E-state index contributed by atoms with van der Waals surface area (Å²) < 4.78 is 41.3. The van der Waals surface area contributed by atoms with Crippen LogP contribution in [0.4, 0.5) is 8.78 Å². The molecule has 4 rings (SSSR count). The van der Waals surface area contributed by atoms with Gasteiger partial charge >= 0.3 is 0 Å². The quantitative estimate of drug-likeness (QED) is 0.551. The Morgan fingerprint density at radius 2 is 1.54 bits per heavy atom. The number of benzene rings is 2. The van der Waals surface area contributed by atoms with Crippen molar-refractivity contribution < 1.29 is 18.3 Å². The number of rotatable bonds is 6. The van der Waals surface area contributed by atoms with Crippen molar-refractivity contribution in [3.63, 3.8) is 0 Å². The molecule has 0 N–H and O–H groups in total. The van der Waals surface area contributed by atoms with Gasteiger partial charge in [-0.2, -0.15) is 0 Å². The van der Waals surface area contributed by atoms with Gasteiger partial charge in [0.1, 0.15) is 0 Å². The molecule has 0 bridgehead atoms. The van der Waals surface area contributed by atoms with E-state index in [0.717, 1.165) is 30.6 Å². The molecule has 1 aromatic heterocycles. The van der Waals surface area contributed by atoms with Gasteiger partial charge in [0, 0.05) is 10.8 Å². The number of hydrogen-bond donors (Lipinski definition) is 0. The summed E-state index contributed by atoms with van der Waals surface area (Å²) in [4.78, 5) is 0. The lowest BCUT2D eigenvalue weighted by Gasteiger charge is -2.06. The fourth-order valence-corrected chi connectivity index (χ4v) is 3.89. The van der Waals surface area contributed by atoms with Gasteiger partial charge in [-0.15, -0.1) is 11.3 Å². The van der Waals surface area contributed by atoms with Crippen molar-refractivity contribution in [2.45, 2.75) is 26.2 Å². The number of thiophene rings is 1. The Bertz CT molecular complexity index is 899. The van der Waals surface area contributed by atoms with Crippen LogP contribution in [-0.2, 0) is 0 Å². The van der Waals surface area contributed by atoms with Gasteiger partial charge in [0.25, 0.3) is 0 Å². The molecular formula is C19H18F2O2S. The molecule has 0 atom stereocenters. The molecular weight excluding hydrogens is 330 g/mol. The number of ether oxygens (including phenoxy) is 2. The molecule has 2 aromatic carbocycles. The van der Waals surface area contributed by atoms with Crippen LogP contribution in [0.3, 0.4) is 0 Å². The number of fused-ring (bicyclic) bond motifs is 3. The molecule has 0 unspecified atom stereocenters. The summed E-state index contributed by atoms with van der Waals surface area (Å²) in [6.07, 6.45) is 3.11. The minimum Gasteiger partial charge on any atom is -0.490 e. The van der Waals surface area contributed by atoms with Crippen molar-refractivity contribution in [2.24, 2.45) is 5.92 Å². The summed E-state index contributed by atoms with van der Waals surface area (Å²) in [5.41, 5.74) is 0. The Kier molecular flexibility index (Phi) is 4.04. The van der Waals surface area contributed by atoms with Crippen LogP contribution in [0.5, 0.6) is 11.5 Å². The van der Waals surface area contributed by atoms with E-state index in [1.165, 1.54) is 0 Å². The van der Waals surface area contributed by atoms with Crippen molar-refractivity contribution in [3.05, 3.63) is 35.9 Å². The first-order valence-corrected chi connectivity index (χ1v) is 9.09. The summed E-state index contributed by atoms with van der Waals surface area (Å²) in [6.45, 7) is 2.98. The van der Waals surface area contributed by atoms with Crippen LogP contribution in [0.2, 0.25) is 0 Å². The molecule has 0 amide bonds. The molecule has 0 saturated heterocycles. The minimum absolute atomic E-state index is 0.224. The molecule has 0 spiro atoms. The fraction of sp³-hybridized carbons (Fsp3) is 0.368. The SMILES string of the molecule is CCCOc1ccc2c(sc3c(F)c(OCC4CC4)ccc32)c1F. The molecule has 1 aliphatic rings. The second kappa shape index (κ2) is 6.20. The summed E-state index contributed by atoms with van der Waals surface area (Å²) >= 11 is 1.12. The van der Waals surface area contributed by atoms with E-state index in [1.54, 1.807) is 18.2 Å². The molecule has 0 radical (unpaired) electrons. The first kappa shape index (κ1) is 15.6. The maximum absolute atomic E-state index is 14.7. The van der Waals surface area contributed by atoms with Gasteiger partial charge in [0.05, 0.1) is 22.6 Å². The van der Waals surface area contributed by atoms with Gasteiger partial charge in [-0.05, 0) is 49.4 Å². The molecule has 1 saturated carbocycles. The fourth-order valence-electron chi connectivity index (χ4n) is 2.73. The van der Waals surface area contributed by atoms with Crippen LogP contribution >= 0.6 is 11.3 Å². The van der Waals surface area contributed by atoms with Crippen LogP contribution < -0.4 is 9.47 Å². The molecule has 3 aromatic rings. The number of halogens is 2. The Morgan fingerprint density at radius 1 is 0.958 bits per heavy atom. The average Bonchev–Trinajstić information content (AvgIpc) is 3.33. The van der Waals surface area contributed by atoms with Crippen LogP contribution in [0.25, 0.3) is 20.2 Å². The van der Waals surface area contributed by atoms with E-state index < -0.39 is 11.6 Å². The van der Waals surface area contributed by atoms with E-state index in [9.17, 15) is 8.78 Å². The standard InChI is InChI=1S/C19H18F2O2S/c1-2-9-22-14-7-5-12-13-6-8-15(23-10-11-3-4-11)17(21)19(13)24-18(12)16(14)20/h5-8,11H,2-4,9-10H2,1H3. The maximum atomic E-state index is 14.7. The Labute approximate surface area is 143 Å². The summed E-state index contributed by atoms with van der Waals surface area (Å²) in [7, 11) is 0. The van der Waals surface area contributed by atoms with Crippen LogP contribution in [-0.4, -0.2) is 13.2 Å². The van der Waals surface area contributed by atoms with Gasteiger partial charge in [-0.1, -0.05) is 6.92 Å². The third kappa shape index (κ3) is 2.71. The molecule has 24 heavy (non-hydrogen) atoms. The van der Waals surface area contributed by atoms with Crippen LogP contribution in [0.15, 0.2) is 24.3 Å². The highest BCUT2D eigenvalue weighted by Crippen LogP contribution is 2.42. The van der Waals surface area contributed by atoms with Crippen LogP contribution in [0.1, 0.15) is 26.2 Å². The Balaban J connectivity index is 1.77. The summed E-state index contributed by atoms with van der Waals surface area (Å²) in [6, 6.07) is 6.87. The Hall–Kier alpha value is -1.88. The van der Waals surface area contributed by atoms with Gasteiger partial charge in [0.15, 0.2) is 23.1 Å². The molecule has 2 nitrogen and oxygen atoms in total. The second-order valence-electron chi connectivity index (χ2n) is 6.21. The molecule has 1 heterocycles. The summed E-state index contributed by atoms with van der Waals surface area (Å²) in [5, 5.41) is 1.43. The molecule has 5 heteroatoms. The van der Waals surface area contributed by atoms with E-state index >= 15 is 0 Å². The van der Waals surface area contributed by atoms with Crippen molar-refractivity contribution in [1.82, 2.24) is 0 Å². The normalized spacial score (nSPS) is 14.5. The van der Waals surface area contributed by atoms with E-state index in [-0.39, 0.29) is 11.5 Å². The second-order valence-corrected chi connectivity index (χ2v) is 7.23. The average molecular weight is 348 g/mol. The van der Waals surface area contributed by atoms with Crippen LogP contribution in [0, 0.1) is 17.6 Å². The predicted octanol–water partition coefficient (Wildman–Crippen LogP) is 5.91. The lowest BCUT2D eigenvalue weighted by molar-refractivity contribution is 0.286. The largest absolute Gasteiger partial charge is 0.490 e. The van der Waals surface area contributed by atoms with Crippen molar-refractivity contribution in [2.75, 3.05) is 13.2 Å². The monoisotopic (exact) mass is 348 g/mol.